The maximum atomic E-state index is 3.92. The van der Waals surface area contributed by atoms with Crippen LogP contribution in [0.2, 0.25) is 6.04 Å². The van der Waals surface area contributed by atoms with Crippen molar-refractivity contribution < 1.29 is 0 Å². The van der Waals surface area contributed by atoms with E-state index in [2.05, 4.69) is 80.2 Å². The average Bonchev–Trinajstić information content (AvgIpc) is 2.46. The molecule has 0 aliphatic heterocycles. The Morgan fingerprint density at radius 3 is 1.78 bits per heavy atom. The molecule has 92 valence electrons. The largest absolute Gasteiger partial charge is 0.251 e. The minimum absolute atomic E-state index is 0.569. The van der Waals surface area contributed by atoms with Gasteiger partial charge in [0, 0.05) is 0 Å². The van der Waals surface area contributed by atoms with Gasteiger partial charge in [-0.2, -0.15) is 16.4 Å². The molecule has 0 radical (unpaired) electrons. The molecule has 1 heteroatoms. The third kappa shape index (κ3) is 3.20. The van der Waals surface area contributed by atoms with Crippen molar-refractivity contribution in [3.63, 3.8) is 0 Å². The van der Waals surface area contributed by atoms with E-state index in [-0.39, 0.29) is 0 Å². The van der Waals surface area contributed by atoms with Crippen molar-refractivity contribution in [1.29, 1.82) is 0 Å². The fraction of sp³-hybridized carbons (Fsp3) is 0.176. The van der Waals surface area contributed by atoms with Crippen LogP contribution in [-0.2, 0) is 0 Å². The third-order valence-corrected chi connectivity index (χ3v) is 6.29. The molecule has 2 aromatic rings. The number of benzene rings is 2. The van der Waals surface area contributed by atoms with Crippen LogP contribution in [0.4, 0.5) is 0 Å². The van der Waals surface area contributed by atoms with E-state index in [0.29, 0.717) is 5.92 Å². The first-order chi connectivity index (χ1) is 8.81. The lowest BCUT2D eigenvalue weighted by Gasteiger charge is -2.34. The van der Waals surface area contributed by atoms with Gasteiger partial charge in [0.15, 0.2) is 0 Å². The van der Waals surface area contributed by atoms with Crippen molar-refractivity contribution >= 4 is 19.2 Å². The second kappa shape index (κ2) is 6.36. The fourth-order valence-electron chi connectivity index (χ4n) is 2.09. The summed E-state index contributed by atoms with van der Waals surface area (Å²) in [5.41, 5.74) is 0. The second-order valence-electron chi connectivity index (χ2n) is 4.63. The van der Waals surface area contributed by atoms with Gasteiger partial charge in [0.05, 0.1) is 0 Å². The fourth-order valence-corrected chi connectivity index (χ4v) is 4.89. The highest BCUT2D eigenvalue weighted by Gasteiger charge is 2.02. The topological polar surface area (TPSA) is 0 Å². The molecule has 0 fully saturated rings. The molecule has 0 nitrogen and oxygen atoms in total. The van der Waals surface area contributed by atoms with Gasteiger partial charge < -0.3 is 0 Å². The molecule has 0 amide bonds. The lowest BCUT2D eigenvalue weighted by molar-refractivity contribution is 0.825. The van der Waals surface area contributed by atoms with Gasteiger partial charge >= 0.3 is 0 Å². The van der Waals surface area contributed by atoms with Gasteiger partial charge in [-0.05, 0) is 0 Å². The lowest BCUT2D eigenvalue weighted by Crippen LogP contribution is -2.42. The molecule has 0 aliphatic carbocycles. The van der Waals surface area contributed by atoms with Crippen LogP contribution in [0.1, 0.15) is 6.92 Å². The van der Waals surface area contributed by atoms with Gasteiger partial charge in [-0.1, -0.05) is 79.6 Å². The molecule has 2 rings (SSSR count). The van der Waals surface area contributed by atoms with Gasteiger partial charge in [0.2, 0.25) is 0 Å². The van der Waals surface area contributed by atoms with Crippen LogP contribution in [0.5, 0.6) is 0 Å². The van der Waals surface area contributed by atoms with E-state index in [4.69, 9.17) is 0 Å². The molecule has 18 heavy (non-hydrogen) atoms. The SMILES string of the molecule is C=CC(C)C[Si-](c1ccccc1)c1ccccc1. The van der Waals surface area contributed by atoms with Crippen LogP contribution in [0, 0.1) is 5.92 Å². The Balaban J connectivity index is 2.32. The van der Waals surface area contributed by atoms with E-state index in [1.807, 2.05) is 0 Å². The summed E-state index contributed by atoms with van der Waals surface area (Å²) in [5.74, 6) is 0.569. The normalized spacial score (nSPS) is 11.8. The van der Waals surface area contributed by atoms with Crippen LogP contribution in [-0.4, -0.2) is 8.80 Å². The van der Waals surface area contributed by atoms with E-state index in [9.17, 15) is 0 Å². The maximum Gasteiger partial charge on any atom is -0.0536 e. The van der Waals surface area contributed by atoms with Crippen molar-refractivity contribution in [1.82, 2.24) is 0 Å². The minimum atomic E-state index is -0.682. The monoisotopic (exact) mass is 251 g/mol. The zero-order valence-electron chi connectivity index (χ0n) is 10.8. The molecular weight excluding hydrogens is 232 g/mol. The van der Waals surface area contributed by atoms with Crippen molar-refractivity contribution in [2.24, 2.45) is 5.92 Å². The summed E-state index contributed by atoms with van der Waals surface area (Å²) in [5, 5.41) is 2.98. The highest BCUT2D eigenvalue weighted by atomic mass is 28.3. The summed E-state index contributed by atoms with van der Waals surface area (Å²) in [7, 11) is -0.682. The van der Waals surface area contributed by atoms with Gasteiger partial charge in [-0.3, -0.25) is 8.80 Å². The lowest BCUT2D eigenvalue weighted by atomic mass is 10.2. The Morgan fingerprint density at radius 2 is 1.39 bits per heavy atom. The Morgan fingerprint density at radius 1 is 0.944 bits per heavy atom. The molecule has 0 saturated carbocycles. The van der Waals surface area contributed by atoms with E-state index < -0.39 is 8.80 Å². The van der Waals surface area contributed by atoms with Crippen LogP contribution >= 0.6 is 0 Å². The summed E-state index contributed by atoms with van der Waals surface area (Å²) in [6.45, 7) is 6.17. The van der Waals surface area contributed by atoms with Crippen molar-refractivity contribution in [3.8, 4) is 0 Å². The van der Waals surface area contributed by atoms with E-state index in [1.54, 1.807) is 0 Å². The van der Waals surface area contributed by atoms with Crippen LogP contribution in [0.15, 0.2) is 73.3 Å². The van der Waals surface area contributed by atoms with Crippen molar-refractivity contribution in [3.05, 3.63) is 73.3 Å². The first kappa shape index (κ1) is 12.8. The predicted molar refractivity (Wildman–Crippen MR) is 82.1 cm³/mol. The Hall–Kier alpha value is -1.60. The Labute approximate surface area is 112 Å². The number of hydrogen-bond donors (Lipinski definition) is 0. The van der Waals surface area contributed by atoms with Crippen LogP contribution in [0.3, 0.4) is 0 Å². The molecule has 1 unspecified atom stereocenters. The van der Waals surface area contributed by atoms with Gasteiger partial charge in [-0.25, -0.2) is 0 Å². The summed E-state index contributed by atoms with van der Waals surface area (Å²) < 4.78 is 0. The quantitative estimate of drug-likeness (QED) is 0.566. The molecule has 0 N–H and O–H groups in total. The number of hydrogen-bond acceptors (Lipinski definition) is 0. The highest BCUT2D eigenvalue weighted by Crippen LogP contribution is 2.08. The number of allylic oxidation sites excluding steroid dienone is 1. The first-order valence-electron chi connectivity index (χ1n) is 6.40. The van der Waals surface area contributed by atoms with Crippen molar-refractivity contribution in [2.45, 2.75) is 13.0 Å². The van der Waals surface area contributed by atoms with E-state index in [1.165, 1.54) is 16.4 Å². The minimum Gasteiger partial charge on any atom is -0.251 e. The summed E-state index contributed by atoms with van der Waals surface area (Å²) in [6, 6.07) is 23.0. The second-order valence-corrected chi connectivity index (χ2v) is 7.15. The maximum absolute atomic E-state index is 3.92. The molecule has 2 aromatic carbocycles. The predicted octanol–water partition coefficient (Wildman–Crippen LogP) is 3.12. The zero-order valence-corrected chi connectivity index (χ0v) is 11.8. The van der Waals surface area contributed by atoms with Crippen LogP contribution < -0.4 is 10.4 Å². The zero-order chi connectivity index (χ0) is 12.8. The first-order valence-corrected chi connectivity index (χ1v) is 8.11. The van der Waals surface area contributed by atoms with Crippen molar-refractivity contribution in [2.75, 3.05) is 0 Å². The molecule has 1 atom stereocenters. The average molecular weight is 251 g/mol. The van der Waals surface area contributed by atoms with Gasteiger partial charge in [0.25, 0.3) is 0 Å². The summed E-state index contributed by atoms with van der Waals surface area (Å²) in [6.07, 6.45) is 2.07. The molecular formula is C17H19Si-. The Kier molecular flexibility index (Phi) is 4.54. The molecule has 0 aliphatic rings. The number of rotatable bonds is 5. The molecule has 0 aromatic heterocycles. The third-order valence-electron chi connectivity index (χ3n) is 3.17. The van der Waals surface area contributed by atoms with E-state index in [0.717, 1.165) is 0 Å². The highest BCUT2D eigenvalue weighted by molar-refractivity contribution is 6.85. The standard InChI is InChI=1S/C17H19Si/c1-3-15(2)14-18(16-10-6-4-7-11-16)17-12-8-5-9-13-17/h3-13,15H,1,14H2,2H3/q-1. The summed E-state index contributed by atoms with van der Waals surface area (Å²) >= 11 is 0. The van der Waals surface area contributed by atoms with E-state index >= 15 is 0 Å². The van der Waals surface area contributed by atoms with Gasteiger partial charge in [-0.15, -0.1) is 6.58 Å². The molecule has 0 saturated heterocycles. The molecule has 0 heterocycles. The molecule has 0 bridgehead atoms. The summed E-state index contributed by atoms with van der Waals surface area (Å²) in [4.78, 5) is 0. The molecule has 0 spiro atoms. The smallest absolute Gasteiger partial charge is 0.0536 e. The van der Waals surface area contributed by atoms with Crippen LogP contribution in [0.25, 0.3) is 0 Å². The Bertz CT molecular complexity index is 436. The van der Waals surface area contributed by atoms with Gasteiger partial charge in [0.1, 0.15) is 0 Å².